The number of carbonyl (C=O) groups is 1. The third-order valence-corrected chi connectivity index (χ3v) is 3.74. The number of aromatic nitrogens is 1. The number of hydrogen-bond acceptors (Lipinski definition) is 2. The van der Waals surface area contributed by atoms with Crippen LogP contribution in [0.3, 0.4) is 0 Å². The first-order valence-electron chi connectivity index (χ1n) is 6.12. The minimum atomic E-state index is 0.0451. The standard InChI is InChI=1S/C13H18N2OS/c1-3-5-7-14-13(16)11-9-12-10(6-8-17-12)15(11)4-2/h6,8-9H,3-5,7H2,1-2H3,(H,14,16). The van der Waals surface area contributed by atoms with Gasteiger partial charge in [0.2, 0.25) is 0 Å². The van der Waals surface area contributed by atoms with Gasteiger partial charge in [0, 0.05) is 13.1 Å². The zero-order valence-electron chi connectivity index (χ0n) is 10.3. The highest BCUT2D eigenvalue weighted by Crippen LogP contribution is 2.25. The van der Waals surface area contributed by atoms with Gasteiger partial charge in [0.15, 0.2) is 0 Å². The summed E-state index contributed by atoms with van der Waals surface area (Å²) >= 11 is 1.68. The van der Waals surface area contributed by atoms with Crippen molar-refractivity contribution < 1.29 is 4.79 Å². The van der Waals surface area contributed by atoms with Crippen molar-refractivity contribution in [2.24, 2.45) is 0 Å². The van der Waals surface area contributed by atoms with Crippen LogP contribution >= 0.6 is 11.3 Å². The van der Waals surface area contributed by atoms with Gasteiger partial charge in [0.05, 0.1) is 10.2 Å². The van der Waals surface area contributed by atoms with Crippen LogP contribution in [0.25, 0.3) is 10.2 Å². The lowest BCUT2D eigenvalue weighted by Gasteiger charge is -2.07. The minimum Gasteiger partial charge on any atom is -0.351 e. The molecule has 0 atom stereocenters. The second-order valence-electron chi connectivity index (χ2n) is 4.05. The summed E-state index contributed by atoms with van der Waals surface area (Å²) in [6.45, 7) is 5.78. The van der Waals surface area contributed by atoms with E-state index in [1.54, 1.807) is 11.3 Å². The van der Waals surface area contributed by atoms with E-state index >= 15 is 0 Å². The van der Waals surface area contributed by atoms with Crippen LogP contribution in [0.1, 0.15) is 37.2 Å². The molecular formula is C13H18N2OS. The molecule has 0 unspecified atom stereocenters. The number of aryl methyl sites for hydroxylation is 1. The molecule has 2 aromatic heterocycles. The fourth-order valence-electron chi connectivity index (χ4n) is 1.98. The number of thiophene rings is 1. The normalized spacial score (nSPS) is 10.9. The van der Waals surface area contributed by atoms with Crippen LogP contribution in [0.2, 0.25) is 0 Å². The molecule has 0 aliphatic carbocycles. The molecule has 0 aromatic carbocycles. The number of nitrogens with zero attached hydrogens (tertiary/aromatic N) is 1. The average Bonchev–Trinajstić information content (AvgIpc) is 2.88. The third kappa shape index (κ3) is 2.36. The first kappa shape index (κ1) is 12.2. The Morgan fingerprint density at radius 1 is 1.47 bits per heavy atom. The molecule has 0 fully saturated rings. The molecule has 92 valence electrons. The summed E-state index contributed by atoms with van der Waals surface area (Å²) in [5.41, 5.74) is 1.95. The average molecular weight is 250 g/mol. The summed E-state index contributed by atoms with van der Waals surface area (Å²) in [5, 5.41) is 5.04. The Hall–Kier alpha value is -1.29. The molecule has 0 saturated carbocycles. The number of hydrogen-bond donors (Lipinski definition) is 1. The van der Waals surface area contributed by atoms with E-state index < -0.39 is 0 Å². The van der Waals surface area contributed by atoms with E-state index in [0.29, 0.717) is 0 Å². The second-order valence-corrected chi connectivity index (χ2v) is 5.00. The molecular weight excluding hydrogens is 232 g/mol. The lowest BCUT2D eigenvalue weighted by Crippen LogP contribution is -2.26. The van der Waals surface area contributed by atoms with E-state index in [0.717, 1.165) is 37.1 Å². The number of carbonyl (C=O) groups excluding carboxylic acids is 1. The smallest absolute Gasteiger partial charge is 0.267 e. The summed E-state index contributed by atoms with van der Waals surface area (Å²) in [5.74, 6) is 0.0451. The Balaban J connectivity index is 2.21. The van der Waals surface area contributed by atoms with Gasteiger partial charge >= 0.3 is 0 Å². The Kier molecular flexibility index (Phi) is 3.84. The highest BCUT2D eigenvalue weighted by molar-refractivity contribution is 7.17. The van der Waals surface area contributed by atoms with E-state index in [2.05, 4.69) is 35.2 Å². The van der Waals surface area contributed by atoms with Gasteiger partial charge in [-0.3, -0.25) is 4.79 Å². The predicted molar refractivity (Wildman–Crippen MR) is 72.7 cm³/mol. The van der Waals surface area contributed by atoms with E-state index in [-0.39, 0.29) is 5.91 Å². The summed E-state index contributed by atoms with van der Waals surface area (Å²) in [6.07, 6.45) is 2.14. The van der Waals surface area contributed by atoms with Gasteiger partial charge in [-0.05, 0) is 30.9 Å². The maximum Gasteiger partial charge on any atom is 0.267 e. The lowest BCUT2D eigenvalue weighted by molar-refractivity contribution is 0.0944. The second kappa shape index (κ2) is 5.36. The van der Waals surface area contributed by atoms with Crippen LogP contribution in [0.15, 0.2) is 17.5 Å². The lowest BCUT2D eigenvalue weighted by atomic mass is 10.3. The van der Waals surface area contributed by atoms with Crippen LogP contribution in [0.4, 0.5) is 0 Å². The Labute approximate surface area is 105 Å². The summed E-state index contributed by atoms with van der Waals surface area (Å²) in [4.78, 5) is 12.0. The largest absolute Gasteiger partial charge is 0.351 e. The maximum absolute atomic E-state index is 12.0. The first-order valence-corrected chi connectivity index (χ1v) is 7.00. The predicted octanol–water partition coefficient (Wildman–Crippen LogP) is 3.25. The number of unbranched alkanes of at least 4 members (excludes halogenated alkanes) is 1. The van der Waals surface area contributed by atoms with Gasteiger partial charge in [-0.1, -0.05) is 13.3 Å². The van der Waals surface area contributed by atoms with Gasteiger partial charge in [-0.2, -0.15) is 0 Å². The zero-order valence-corrected chi connectivity index (χ0v) is 11.1. The summed E-state index contributed by atoms with van der Waals surface area (Å²) < 4.78 is 3.26. The summed E-state index contributed by atoms with van der Waals surface area (Å²) in [6, 6.07) is 4.07. The van der Waals surface area contributed by atoms with Crippen molar-refractivity contribution in [3.8, 4) is 0 Å². The molecule has 1 N–H and O–H groups in total. The molecule has 17 heavy (non-hydrogen) atoms. The van der Waals surface area contributed by atoms with Crippen molar-refractivity contribution in [2.75, 3.05) is 6.54 Å². The number of fused-ring (bicyclic) bond motifs is 1. The quantitative estimate of drug-likeness (QED) is 0.812. The Bertz CT molecular complexity index is 512. The van der Waals surface area contributed by atoms with E-state index in [1.165, 1.54) is 4.70 Å². The van der Waals surface area contributed by atoms with Crippen LogP contribution in [0, 0.1) is 0 Å². The zero-order chi connectivity index (χ0) is 12.3. The Morgan fingerprint density at radius 3 is 3.00 bits per heavy atom. The van der Waals surface area contributed by atoms with Crippen molar-refractivity contribution >= 4 is 27.5 Å². The molecule has 0 saturated heterocycles. The first-order chi connectivity index (χ1) is 8.27. The van der Waals surface area contributed by atoms with Gasteiger partial charge in [-0.25, -0.2) is 0 Å². The maximum atomic E-state index is 12.0. The van der Waals surface area contributed by atoms with Crippen LogP contribution in [-0.4, -0.2) is 17.0 Å². The molecule has 0 aliphatic rings. The van der Waals surface area contributed by atoms with Gasteiger partial charge in [0.25, 0.3) is 5.91 Å². The van der Waals surface area contributed by atoms with E-state index in [9.17, 15) is 4.79 Å². The van der Waals surface area contributed by atoms with Gasteiger partial charge < -0.3 is 9.88 Å². The van der Waals surface area contributed by atoms with Crippen molar-refractivity contribution in [3.63, 3.8) is 0 Å². The number of nitrogens with one attached hydrogen (secondary N) is 1. The van der Waals surface area contributed by atoms with Crippen LogP contribution < -0.4 is 5.32 Å². The molecule has 4 heteroatoms. The molecule has 0 spiro atoms. The SMILES string of the molecule is CCCCNC(=O)c1cc2sccc2n1CC. The van der Waals surface area contributed by atoms with Crippen molar-refractivity contribution in [1.82, 2.24) is 9.88 Å². The number of rotatable bonds is 5. The van der Waals surface area contributed by atoms with Crippen molar-refractivity contribution in [1.29, 1.82) is 0 Å². The van der Waals surface area contributed by atoms with Crippen molar-refractivity contribution in [3.05, 3.63) is 23.2 Å². The molecule has 0 radical (unpaired) electrons. The highest BCUT2D eigenvalue weighted by Gasteiger charge is 2.14. The van der Waals surface area contributed by atoms with Crippen LogP contribution in [-0.2, 0) is 6.54 Å². The van der Waals surface area contributed by atoms with E-state index in [4.69, 9.17) is 0 Å². The third-order valence-electron chi connectivity index (χ3n) is 2.89. The van der Waals surface area contributed by atoms with E-state index in [1.807, 2.05) is 6.07 Å². The molecule has 0 aliphatic heterocycles. The molecule has 1 amide bonds. The molecule has 2 aromatic rings. The van der Waals surface area contributed by atoms with Gasteiger partial charge in [-0.15, -0.1) is 11.3 Å². The monoisotopic (exact) mass is 250 g/mol. The van der Waals surface area contributed by atoms with Crippen molar-refractivity contribution in [2.45, 2.75) is 33.2 Å². The minimum absolute atomic E-state index is 0.0451. The van der Waals surface area contributed by atoms with Gasteiger partial charge in [0.1, 0.15) is 5.69 Å². The topological polar surface area (TPSA) is 34.0 Å². The molecule has 0 bridgehead atoms. The fraction of sp³-hybridized carbons (Fsp3) is 0.462. The summed E-state index contributed by atoms with van der Waals surface area (Å²) in [7, 11) is 0. The number of amides is 1. The van der Waals surface area contributed by atoms with Crippen LogP contribution in [0.5, 0.6) is 0 Å². The highest BCUT2D eigenvalue weighted by atomic mass is 32.1. The molecule has 3 nitrogen and oxygen atoms in total. The molecule has 2 heterocycles. The molecule has 2 rings (SSSR count). The Morgan fingerprint density at radius 2 is 2.29 bits per heavy atom. The fourth-order valence-corrected chi connectivity index (χ4v) is 2.80.